The highest BCUT2D eigenvalue weighted by molar-refractivity contribution is 5.83. The number of aryl methyl sites for hydroxylation is 1. The van der Waals surface area contributed by atoms with Crippen LogP contribution in [0.4, 0.5) is 5.69 Å². The Morgan fingerprint density at radius 2 is 2.38 bits per heavy atom. The van der Waals surface area contributed by atoms with Gasteiger partial charge in [0.2, 0.25) is 5.91 Å². The van der Waals surface area contributed by atoms with Gasteiger partial charge in [-0.05, 0) is 24.6 Å². The predicted molar refractivity (Wildman–Crippen MR) is 62.4 cm³/mol. The first kappa shape index (κ1) is 11.0. The molecular formula is C12H16N2O2. The molecule has 1 aromatic rings. The van der Waals surface area contributed by atoms with Crippen molar-refractivity contribution in [2.45, 2.75) is 13.0 Å². The lowest BCUT2D eigenvalue weighted by Gasteiger charge is -2.33. The molecule has 1 fully saturated rings. The highest BCUT2D eigenvalue weighted by atomic mass is 16.3. The van der Waals surface area contributed by atoms with Gasteiger partial charge in [-0.15, -0.1) is 0 Å². The van der Waals surface area contributed by atoms with E-state index in [0.29, 0.717) is 13.1 Å². The predicted octanol–water partition coefficient (Wildman–Crippen LogP) is 0.292. The minimum atomic E-state index is -0.165. The van der Waals surface area contributed by atoms with E-state index in [4.69, 9.17) is 5.11 Å². The lowest BCUT2D eigenvalue weighted by molar-refractivity contribution is -0.121. The Bertz CT molecular complexity index is 392. The molecule has 4 heteroatoms. The second-order valence-corrected chi connectivity index (χ2v) is 4.17. The minimum absolute atomic E-state index is 0.0198. The average Bonchev–Trinajstić information content (AvgIpc) is 2.28. The third-order valence-electron chi connectivity index (χ3n) is 2.73. The molecular weight excluding hydrogens is 204 g/mol. The van der Waals surface area contributed by atoms with E-state index in [9.17, 15) is 4.79 Å². The number of amides is 1. The topological polar surface area (TPSA) is 52.6 Å². The van der Waals surface area contributed by atoms with Crippen molar-refractivity contribution in [3.63, 3.8) is 0 Å². The van der Waals surface area contributed by atoms with Crippen LogP contribution in [0.2, 0.25) is 0 Å². The maximum atomic E-state index is 11.4. The van der Waals surface area contributed by atoms with Gasteiger partial charge in [0.05, 0.1) is 19.2 Å². The number of carbonyl (C=O) groups excluding carboxylic acids is 1. The van der Waals surface area contributed by atoms with Gasteiger partial charge in [0.25, 0.3) is 0 Å². The molecule has 2 rings (SSSR count). The summed E-state index contributed by atoms with van der Waals surface area (Å²) in [7, 11) is 0. The summed E-state index contributed by atoms with van der Waals surface area (Å²) in [5.41, 5.74) is 2.21. The molecule has 86 valence electrons. The largest absolute Gasteiger partial charge is 0.394 e. The second kappa shape index (κ2) is 4.53. The maximum absolute atomic E-state index is 11.4. The number of hydrogen-bond acceptors (Lipinski definition) is 3. The fraction of sp³-hybridized carbons (Fsp3) is 0.417. The number of aliphatic hydroxyl groups is 1. The molecule has 16 heavy (non-hydrogen) atoms. The summed E-state index contributed by atoms with van der Waals surface area (Å²) in [4.78, 5) is 13.4. The molecule has 0 saturated carbocycles. The first-order valence-electron chi connectivity index (χ1n) is 5.41. The Hall–Kier alpha value is -1.55. The number of carbonyl (C=O) groups is 1. The van der Waals surface area contributed by atoms with E-state index in [1.54, 1.807) is 0 Å². The fourth-order valence-electron chi connectivity index (χ4n) is 1.95. The summed E-state index contributed by atoms with van der Waals surface area (Å²) in [5.74, 6) is -0.0354. The van der Waals surface area contributed by atoms with Crippen LogP contribution in [0.1, 0.15) is 5.56 Å². The minimum Gasteiger partial charge on any atom is -0.394 e. The molecule has 0 aliphatic carbocycles. The first-order chi connectivity index (χ1) is 7.69. The van der Waals surface area contributed by atoms with Gasteiger partial charge in [0.1, 0.15) is 0 Å². The normalized spacial score (nSPS) is 20.8. The molecule has 0 spiro atoms. The van der Waals surface area contributed by atoms with Crippen LogP contribution in [0.3, 0.4) is 0 Å². The van der Waals surface area contributed by atoms with Gasteiger partial charge < -0.3 is 15.3 Å². The molecule has 0 aromatic heterocycles. The smallest absolute Gasteiger partial charge is 0.239 e. The number of benzene rings is 1. The van der Waals surface area contributed by atoms with Crippen molar-refractivity contribution < 1.29 is 9.90 Å². The van der Waals surface area contributed by atoms with E-state index in [1.165, 1.54) is 5.56 Å². The number of anilines is 1. The highest BCUT2D eigenvalue weighted by Crippen LogP contribution is 2.17. The van der Waals surface area contributed by atoms with Gasteiger partial charge in [-0.25, -0.2) is 0 Å². The molecule has 4 nitrogen and oxygen atoms in total. The van der Waals surface area contributed by atoms with Crippen LogP contribution in [0.25, 0.3) is 0 Å². The maximum Gasteiger partial charge on any atom is 0.239 e. The lowest BCUT2D eigenvalue weighted by Crippen LogP contribution is -2.55. The third-order valence-corrected chi connectivity index (χ3v) is 2.73. The number of hydrogen-bond donors (Lipinski definition) is 2. The van der Waals surface area contributed by atoms with Gasteiger partial charge in [0, 0.05) is 12.2 Å². The van der Waals surface area contributed by atoms with Gasteiger partial charge in [-0.3, -0.25) is 4.79 Å². The molecule has 0 bridgehead atoms. The number of nitrogens with one attached hydrogen (secondary N) is 1. The average molecular weight is 220 g/mol. The van der Waals surface area contributed by atoms with E-state index in [-0.39, 0.29) is 18.6 Å². The molecule has 1 aliphatic rings. The van der Waals surface area contributed by atoms with Crippen LogP contribution in [0, 0.1) is 6.92 Å². The zero-order valence-electron chi connectivity index (χ0n) is 9.31. The Balaban J connectivity index is 2.17. The molecule has 1 atom stereocenters. The molecule has 1 saturated heterocycles. The molecule has 1 heterocycles. The van der Waals surface area contributed by atoms with Crippen molar-refractivity contribution in [2.75, 3.05) is 24.6 Å². The van der Waals surface area contributed by atoms with Crippen LogP contribution >= 0.6 is 0 Å². The monoisotopic (exact) mass is 220 g/mol. The summed E-state index contributed by atoms with van der Waals surface area (Å²) in [5, 5.41) is 11.8. The zero-order chi connectivity index (χ0) is 11.5. The van der Waals surface area contributed by atoms with Crippen LogP contribution in [-0.2, 0) is 4.79 Å². The molecule has 1 aromatic carbocycles. The van der Waals surface area contributed by atoms with Crippen LogP contribution < -0.4 is 10.2 Å². The number of piperazine rings is 1. The molecule has 1 aliphatic heterocycles. The van der Waals surface area contributed by atoms with E-state index >= 15 is 0 Å². The van der Waals surface area contributed by atoms with Crippen LogP contribution in [0.5, 0.6) is 0 Å². The summed E-state index contributed by atoms with van der Waals surface area (Å²) in [6.07, 6.45) is 0. The van der Waals surface area contributed by atoms with Crippen molar-refractivity contribution in [3.8, 4) is 0 Å². The van der Waals surface area contributed by atoms with Gasteiger partial charge >= 0.3 is 0 Å². The number of aliphatic hydroxyl groups excluding tert-OH is 1. The summed E-state index contributed by atoms with van der Waals surface area (Å²) < 4.78 is 0. The first-order valence-corrected chi connectivity index (χ1v) is 5.41. The molecule has 2 N–H and O–H groups in total. The summed E-state index contributed by atoms with van der Waals surface area (Å²) >= 11 is 0. The molecule has 0 radical (unpaired) electrons. The van der Waals surface area contributed by atoms with E-state index < -0.39 is 0 Å². The van der Waals surface area contributed by atoms with E-state index in [0.717, 1.165) is 5.69 Å². The van der Waals surface area contributed by atoms with Crippen molar-refractivity contribution in [2.24, 2.45) is 0 Å². The zero-order valence-corrected chi connectivity index (χ0v) is 9.31. The van der Waals surface area contributed by atoms with Crippen molar-refractivity contribution >= 4 is 11.6 Å². The number of rotatable bonds is 2. The summed E-state index contributed by atoms with van der Waals surface area (Å²) in [6.45, 7) is 3.02. The Kier molecular flexibility index (Phi) is 3.10. The number of nitrogens with zero attached hydrogens (tertiary/aromatic N) is 1. The second-order valence-electron chi connectivity index (χ2n) is 4.17. The molecule has 1 amide bonds. The van der Waals surface area contributed by atoms with Gasteiger partial charge in [0.15, 0.2) is 0 Å². The van der Waals surface area contributed by atoms with Crippen molar-refractivity contribution in [3.05, 3.63) is 29.8 Å². The Morgan fingerprint density at radius 3 is 3.06 bits per heavy atom. The standard InChI is InChI=1S/C12H16N2O2/c1-9-3-2-4-11(5-9)14-6-10(8-15)13-12(16)7-14/h2-5,10,15H,6-8H2,1H3,(H,13,16). The lowest BCUT2D eigenvalue weighted by atomic mass is 10.1. The van der Waals surface area contributed by atoms with Crippen LogP contribution in [-0.4, -0.2) is 36.8 Å². The van der Waals surface area contributed by atoms with Crippen molar-refractivity contribution in [1.29, 1.82) is 0 Å². The SMILES string of the molecule is Cc1cccc(N2CC(=O)NC(CO)C2)c1. The highest BCUT2D eigenvalue weighted by Gasteiger charge is 2.23. The molecule has 1 unspecified atom stereocenters. The third kappa shape index (κ3) is 2.33. The summed E-state index contributed by atoms with van der Waals surface area (Å²) in [6, 6.07) is 7.87. The van der Waals surface area contributed by atoms with E-state index in [2.05, 4.69) is 5.32 Å². The van der Waals surface area contributed by atoms with Gasteiger partial charge in [-0.1, -0.05) is 12.1 Å². The fourth-order valence-corrected chi connectivity index (χ4v) is 1.95. The van der Waals surface area contributed by atoms with E-state index in [1.807, 2.05) is 36.1 Å². The Labute approximate surface area is 94.9 Å². The van der Waals surface area contributed by atoms with Crippen molar-refractivity contribution in [1.82, 2.24) is 5.32 Å². The van der Waals surface area contributed by atoms with Crippen LogP contribution in [0.15, 0.2) is 24.3 Å². The quantitative estimate of drug-likeness (QED) is 0.753. The Morgan fingerprint density at radius 1 is 1.56 bits per heavy atom. The van der Waals surface area contributed by atoms with Gasteiger partial charge in [-0.2, -0.15) is 0 Å².